The Morgan fingerprint density at radius 2 is 1.14 bits per heavy atom. The molecule has 2 aliphatic rings. The number of hydrogen-bond donors (Lipinski definition) is 4. The largest absolute Gasteiger partial charge is 0.461 e. The molecule has 77 heavy (non-hydrogen) atoms. The summed E-state index contributed by atoms with van der Waals surface area (Å²) >= 11 is 2.17. The molecule has 25 heteroatoms. The summed E-state index contributed by atoms with van der Waals surface area (Å²) in [6.45, 7) is 7.77. The molecule has 2 bridgehead atoms. The van der Waals surface area contributed by atoms with Crippen LogP contribution in [0.25, 0.3) is 21.9 Å². The highest BCUT2D eigenvalue weighted by Crippen LogP contribution is 2.32. The minimum Gasteiger partial charge on any atom is -0.461 e. The number of cyclic esters (lactones) is 2. The number of carbonyl (C=O) groups excluding carboxylic acids is 10. The number of aromatic nitrogens is 3. The van der Waals surface area contributed by atoms with Gasteiger partial charge in [0.1, 0.15) is 67.2 Å². The average molecular weight is 1100 g/mol. The van der Waals surface area contributed by atoms with E-state index in [0.717, 1.165) is 43.1 Å². The number of esters is 2. The lowest BCUT2D eigenvalue weighted by Gasteiger charge is -2.40. The molecule has 2 aromatic carbocycles. The Labute approximate surface area is 454 Å². The molecule has 9 atom stereocenters. The number of fused-ring (bicyclic) bond motifs is 6. The summed E-state index contributed by atoms with van der Waals surface area (Å²) < 4.78 is 10.5. The number of para-hydroxylation sites is 3. The van der Waals surface area contributed by atoms with Gasteiger partial charge in [-0.2, -0.15) is 0 Å². The van der Waals surface area contributed by atoms with Crippen LogP contribution in [0.5, 0.6) is 0 Å². The summed E-state index contributed by atoms with van der Waals surface area (Å²) in [7, 11) is 5.35. The Kier molecular flexibility index (Phi) is 19.6. The Hall–Kier alpha value is -7.41. The van der Waals surface area contributed by atoms with Crippen molar-refractivity contribution in [3.8, 4) is 0 Å². The minimum absolute atomic E-state index is 0.0684. The highest BCUT2D eigenvalue weighted by atomic mass is 32.2. The summed E-state index contributed by atoms with van der Waals surface area (Å²) in [5.41, 5.74) is 1.37. The molecule has 4 aromatic rings. The zero-order valence-electron chi connectivity index (χ0n) is 44.7. The van der Waals surface area contributed by atoms with E-state index in [4.69, 9.17) is 9.47 Å². The first kappa shape index (κ1) is 58.8. The first-order valence-electron chi connectivity index (χ1n) is 24.8. The van der Waals surface area contributed by atoms with Crippen molar-refractivity contribution in [2.75, 3.05) is 53.4 Å². The second-order valence-electron chi connectivity index (χ2n) is 19.5. The van der Waals surface area contributed by atoms with Crippen molar-refractivity contribution >= 4 is 105 Å². The standard InChI is InChI=1S/C52H65N11O12S2/c1-26(2)39-50(72)75-24-37(59-43(65)35-22-54-33-18-14-15-19-34(33)57-35)45(67)56-29(6)47(69)63(10)41-49(71)62(9)40(27(3)4)51(73)74-23-36(58-42(64)31-20-30-16-12-13-17-32(30)53-21-31)44(66)55-28(5)46(68)60(7)38(48(70)61(39)8)25-77-52(41)76-11/h12-22,26-29,36-41,52H,23-25H2,1-11H3,(H,55,66)(H,56,67)(H,58,64)(H,59,65). The number of amides is 8. The lowest BCUT2D eigenvalue weighted by atomic mass is 10.0. The third-order valence-corrected chi connectivity index (χ3v) is 16.1. The molecule has 4 N–H and O–H groups in total. The van der Waals surface area contributed by atoms with Gasteiger partial charge in [0.15, 0.2) is 0 Å². The van der Waals surface area contributed by atoms with E-state index in [1.807, 2.05) is 0 Å². The summed E-state index contributed by atoms with van der Waals surface area (Å²) in [5.74, 6) is -10.2. The number of nitrogens with zero attached hydrogens (tertiary/aromatic N) is 7. The van der Waals surface area contributed by atoms with Crippen molar-refractivity contribution in [2.45, 2.75) is 94.5 Å². The van der Waals surface area contributed by atoms with Crippen molar-refractivity contribution in [3.63, 3.8) is 0 Å². The Bertz CT molecular complexity index is 2930. The van der Waals surface area contributed by atoms with Crippen LogP contribution in [-0.2, 0) is 47.8 Å². The first-order chi connectivity index (χ1) is 36.4. The summed E-state index contributed by atoms with van der Waals surface area (Å²) in [6, 6.07) is 3.73. The number of rotatable bonds is 7. The molecule has 0 radical (unpaired) electrons. The Balaban J connectivity index is 1.43. The SMILES string of the molecule is CSC1SCC2C(=O)N(C)C(C(C)C)C(=O)OCC(NC(=O)c3cnc4ccccc4n3)C(=O)NC(C)C(=O)N(C)C1C(=O)N(C)C(C(C)C)C(=O)OCC(NC(=O)c1cnc3ccccc3c1)C(=O)NC(C)C(=O)N2C. The van der Waals surface area contributed by atoms with Gasteiger partial charge in [-0.3, -0.25) is 48.3 Å². The number of ether oxygens (including phenoxy) is 2. The van der Waals surface area contributed by atoms with Gasteiger partial charge in [0.05, 0.1) is 32.9 Å². The monoisotopic (exact) mass is 1100 g/mol. The number of pyridine rings is 1. The molecule has 4 heterocycles. The van der Waals surface area contributed by atoms with E-state index in [-0.39, 0.29) is 17.0 Å². The van der Waals surface area contributed by atoms with Gasteiger partial charge >= 0.3 is 11.9 Å². The van der Waals surface area contributed by atoms with Crippen LogP contribution in [0, 0.1) is 11.8 Å². The molecule has 2 aromatic heterocycles. The maximum Gasteiger partial charge on any atom is 0.329 e. The van der Waals surface area contributed by atoms with Gasteiger partial charge < -0.3 is 50.3 Å². The molecule has 0 spiro atoms. The highest BCUT2D eigenvalue weighted by molar-refractivity contribution is 8.16. The molecular formula is C52H65N11O12S2. The molecule has 6 rings (SSSR count). The van der Waals surface area contributed by atoms with Crippen LogP contribution in [0.1, 0.15) is 62.4 Å². The van der Waals surface area contributed by atoms with E-state index in [1.54, 1.807) is 88.5 Å². The van der Waals surface area contributed by atoms with Crippen LogP contribution < -0.4 is 21.3 Å². The van der Waals surface area contributed by atoms with Gasteiger partial charge in [-0.25, -0.2) is 14.6 Å². The van der Waals surface area contributed by atoms with Crippen molar-refractivity contribution in [1.29, 1.82) is 0 Å². The molecule has 412 valence electrons. The summed E-state index contributed by atoms with van der Waals surface area (Å²) in [6.07, 6.45) is 4.18. The van der Waals surface area contributed by atoms with E-state index in [9.17, 15) is 38.4 Å². The van der Waals surface area contributed by atoms with Gasteiger partial charge in [0.25, 0.3) is 11.8 Å². The molecule has 23 nitrogen and oxygen atoms in total. The third-order valence-electron chi connectivity index (χ3n) is 13.3. The number of hydrogen-bond acceptors (Lipinski definition) is 17. The molecule has 9 unspecified atom stereocenters. The van der Waals surface area contributed by atoms with Gasteiger partial charge in [-0.1, -0.05) is 58.0 Å². The first-order valence-corrected chi connectivity index (χ1v) is 27.1. The van der Waals surface area contributed by atoms with Crippen LogP contribution in [0.15, 0.2) is 67.0 Å². The molecule has 0 aliphatic carbocycles. The predicted molar refractivity (Wildman–Crippen MR) is 287 cm³/mol. The summed E-state index contributed by atoms with van der Waals surface area (Å²) in [5, 5.41) is 10.9. The zero-order valence-corrected chi connectivity index (χ0v) is 46.3. The normalized spacial score (nSPS) is 25.4. The topological polar surface area (TPSA) is 289 Å². The Morgan fingerprint density at radius 3 is 1.70 bits per heavy atom. The van der Waals surface area contributed by atoms with E-state index < -0.39 is 137 Å². The molecule has 2 saturated heterocycles. The molecule has 8 amide bonds. The van der Waals surface area contributed by atoms with Crippen LogP contribution in [0.3, 0.4) is 0 Å². The quantitative estimate of drug-likeness (QED) is 0.189. The fourth-order valence-electron chi connectivity index (χ4n) is 9.02. The van der Waals surface area contributed by atoms with Crippen molar-refractivity contribution in [2.24, 2.45) is 11.8 Å². The van der Waals surface area contributed by atoms with Crippen molar-refractivity contribution < 1.29 is 57.4 Å². The van der Waals surface area contributed by atoms with Crippen molar-refractivity contribution in [1.82, 2.24) is 55.8 Å². The van der Waals surface area contributed by atoms with Gasteiger partial charge in [0.2, 0.25) is 35.4 Å². The number of thioether (sulfide) groups is 2. The molecule has 2 fully saturated rings. The lowest BCUT2D eigenvalue weighted by molar-refractivity contribution is -0.160. The zero-order chi connectivity index (χ0) is 56.6. The molecular weight excluding hydrogens is 1030 g/mol. The van der Waals surface area contributed by atoms with Gasteiger partial charge in [-0.05, 0) is 56.2 Å². The Morgan fingerprint density at radius 1 is 0.649 bits per heavy atom. The maximum absolute atomic E-state index is 15.2. The average Bonchev–Trinajstić information content (AvgIpc) is 3.40. The highest BCUT2D eigenvalue weighted by Gasteiger charge is 2.45. The third kappa shape index (κ3) is 13.6. The van der Waals surface area contributed by atoms with E-state index in [0.29, 0.717) is 21.9 Å². The summed E-state index contributed by atoms with van der Waals surface area (Å²) in [4.78, 5) is 162. The fourth-order valence-corrected chi connectivity index (χ4v) is 11.6. The van der Waals surface area contributed by atoms with E-state index in [2.05, 4.69) is 36.2 Å². The maximum atomic E-state index is 15.2. The molecule has 0 saturated carbocycles. The number of carbonyl (C=O) groups is 10. The fraction of sp³-hybridized carbons (Fsp3) is 0.481. The number of likely N-dealkylation sites (N-methyl/N-ethyl adjacent to an activating group) is 4. The van der Waals surface area contributed by atoms with Crippen LogP contribution in [0.4, 0.5) is 0 Å². The van der Waals surface area contributed by atoms with Crippen molar-refractivity contribution in [3.05, 3.63) is 78.2 Å². The van der Waals surface area contributed by atoms with E-state index >= 15 is 9.59 Å². The van der Waals surface area contributed by atoms with Crippen LogP contribution in [0.2, 0.25) is 0 Å². The number of nitrogens with one attached hydrogen (secondary N) is 4. The second-order valence-corrected chi connectivity index (χ2v) is 22.0. The van der Waals surface area contributed by atoms with Crippen LogP contribution in [-0.4, -0.2) is 200 Å². The minimum atomic E-state index is -1.66. The van der Waals surface area contributed by atoms with Gasteiger partial charge in [0, 0.05) is 45.5 Å². The van der Waals surface area contributed by atoms with E-state index in [1.165, 1.54) is 54.4 Å². The molecule has 2 aliphatic heterocycles. The predicted octanol–water partition coefficient (Wildman–Crippen LogP) is 1.24. The number of benzene rings is 2. The van der Waals surface area contributed by atoms with Gasteiger partial charge in [-0.15, -0.1) is 23.5 Å². The van der Waals surface area contributed by atoms with Crippen LogP contribution >= 0.6 is 23.5 Å². The smallest absolute Gasteiger partial charge is 0.329 e. The lowest BCUT2D eigenvalue weighted by Crippen LogP contribution is -2.60. The second kappa shape index (κ2) is 25.6.